The molecule has 1 amide bonds. The molecule has 0 heterocycles. The van der Waals surface area contributed by atoms with Crippen LogP contribution in [0, 0.1) is 0 Å². The summed E-state index contributed by atoms with van der Waals surface area (Å²) in [5, 5.41) is 7.69. The van der Waals surface area contributed by atoms with Crippen molar-refractivity contribution in [3.8, 4) is 0 Å². The normalized spacial score (nSPS) is 12.0. The molecule has 0 radical (unpaired) electrons. The molecule has 62 heavy (non-hydrogen) atoms. The van der Waals surface area contributed by atoms with Crippen molar-refractivity contribution in [3.05, 3.63) is 174 Å². The van der Waals surface area contributed by atoms with Crippen molar-refractivity contribution in [2.24, 2.45) is 0 Å². The molecule has 3 aromatic carbocycles. The lowest BCUT2D eigenvalue weighted by atomic mass is 9.97. The largest absolute Gasteiger partial charge is 0.445 e. The van der Waals surface area contributed by atoms with Crippen LogP contribution in [0.5, 0.6) is 0 Å². The maximum Gasteiger partial charge on any atom is 0.407 e. The van der Waals surface area contributed by atoms with Crippen molar-refractivity contribution in [1.82, 2.24) is 5.32 Å². The van der Waals surface area contributed by atoms with E-state index < -0.39 is 32.3 Å². The predicted molar refractivity (Wildman–Crippen MR) is 290 cm³/mol. The predicted octanol–water partition coefficient (Wildman–Crippen LogP) is 17.2. The number of carbonyl (C=O) groups is 1. The molecule has 0 fully saturated rings. The number of allylic oxidation sites excluding steroid dienone is 9. The maximum atomic E-state index is 13.3. The maximum absolute atomic E-state index is 13.3. The third-order valence-corrected chi connectivity index (χ3v) is 34.4. The van der Waals surface area contributed by atoms with Crippen molar-refractivity contribution in [1.29, 1.82) is 0 Å². The van der Waals surface area contributed by atoms with E-state index in [2.05, 4.69) is 174 Å². The number of nitrogens with one attached hydrogen (secondary N) is 1. The van der Waals surface area contributed by atoms with Crippen LogP contribution >= 0.6 is 0 Å². The first-order valence-electron chi connectivity index (χ1n) is 23.4. The number of hydrogen-bond acceptors (Lipinski definition) is 2. The zero-order valence-corrected chi connectivity index (χ0v) is 42.6. The molecule has 0 spiro atoms. The van der Waals surface area contributed by atoms with Crippen molar-refractivity contribution in [3.63, 3.8) is 0 Å². The third kappa shape index (κ3) is 16.0. The first kappa shape index (κ1) is 52.3. The van der Waals surface area contributed by atoms with E-state index in [-0.39, 0.29) is 12.7 Å². The Hall–Kier alpha value is -4.02. The summed E-state index contributed by atoms with van der Waals surface area (Å²) in [4.78, 5) is 13.3. The van der Waals surface area contributed by atoms with Gasteiger partial charge in [-0.15, -0.1) is 59.2 Å². The van der Waals surface area contributed by atoms with Crippen LogP contribution in [-0.2, 0) is 11.3 Å². The molecule has 3 aromatic rings. The summed E-state index contributed by atoms with van der Waals surface area (Å²) in [5.74, 6) is 0. The van der Waals surface area contributed by atoms with Crippen LogP contribution in [0.3, 0.4) is 0 Å². The lowest BCUT2D eigenvalue weighted by Crippen LogP contribution is -2.41. The van der Waals surface area contributed by atoms with E-state index in [0.29, 0.717) is 6.54 Å². The number of fused-ring (bicyclic) bond motifs is 2. The lowest BCUT2D eigenvalue weighted by molar-refractivity contribution is 0.140. The fraction of sp³-hybridized carbons (Fsp3) is 0.400. The van der Waals surface area contributed by atoms with Crippen LogP contribution in [0.25, 0.3) is 21.5 Å². The standard InChI is InChI=1S/C55H81NO2Si4/c1-10-32-59(33-11-2,34-12-3)42-25-44-62(47-46-61(38-16-7,39-17-8)40-18-9,45-26-43-60(35-13-4,36-14-5)37-15-6)41-24-23-31-56-55(57)58-49-54-52-29-21-19-27-50(52)48-51-28-20-22-30-53(51)54/h10-22,27-30,48H,1-9,23-26,31-47,49H2,(H,56,57). The second kappa shape index (κ2) is 27.9. The Bertz CT molecular complexity index is 1770. The van der Waals surface area contributed by atoms with Gasteiger partial charge in [0.25, 0.3) is 0 Å². The van der Waals surface area contributed by atoms with Crippen LogP contribution in [0.2, 0.25) is 96.7 Å². The average molecular weight is 901 g/mol. The monoisotopic (exact) mass is 900 g/mol. The van der Waals surface area contributed by atoms with Crippen LogP contribution in [0.15, 0.2) is 168 Å². The fourth-order valence-electron chi connectivity index (χ4n) is 10.6. The molecule has 0 atom stereocenters. The number of benzene rings is 3. The molecule has 3 nitrogen and oxygen atoms in total. The Morgan fingerprint density at radius 2 is 0.790 bits per heavy atom. The molecule has 0 saturated carbocycles. The van der Waals surface area contributed by atoms with Crippen molar-refractivity contribution < 1.29 is 9.53 Å². The Morgan fingerprint density at radius 3 is 1.19 bits per heavy atom. The first-order valence-corrected chi connectivity index (χ1v) is 34.7. The number of amides is 1. The molecule has 0 aliphatic rings. The highest BCUT2D eigenvalue weighted by molar-refractivity contribution is 6.86. The van der Waals surface area contributed by atoms with E-state index in [9.17, 15) is 4.79 Å². The summed E-state index contributed by atoms with van der Waals surface area (Å²) in [5.41, 5.74) is 1.05. The van der Waals surface area contributed by atoms with Gasteiger partial charge in [-0.1, -0.05) is 165 Å². The highest BCUT2D eigenvalue weighted by atomic mass is 28.3. The fourth-order valence-corrected chi connectivity index (χ4v) is 30.7. The minimum atomic E-state index is -1.84. The van der Waals surface area contributed by atoms with E-state index in [0.717, 1.165) is 94.3 Å². The highest BCUT2D eigenvalue weighted by Crippen LogP contribution is 2.42. The molecule has 7 heteroatoms. The second-order valence-corrected chi connectivity index (χ2v) is 37.6. The minimum absolute atomic E-state index is 0.234. The number of carbonyl (C=O) groups excluding carboxylic acids is 1. The summed E-state index contributed by atoms with van der Waals surface area (Å²) >= 11 is 0. The molecule has 334 valence electrons. The topological polar surface area (TPSA) is 38.3 Å². The van der Waals surface area contributed by atoms with E-state index >= 15 is 0 Å². The van der Waals surface area contributed by atoms with Gasteiger partial charge in [0.15, 0.2) is 0 Å². The van der Waals surface area contributed by atoms with E-state index in [1.807, 2.05) is 0 Å². The average Bonchev–Trinajstić information content (AvgIpc) is 3.25. The molecule has 0 bridgehead atoms. The molecule has 0 aromatic heterocycles. The highest BCUT2D eigenvalue weighted by Gasteiger charge is 2.39. The number of unbranched alkanes of at least 4 members (excludes halogenated alkanes) is 1. The van der Waals surface area contributed by atoms with Crippen LogP contribution in [0.1, 0.15) is 31.2 Å². The van der Waals surface area contributed by atoms with Crippen LogP contribution in [0.4, 0.5) is 4.79 Å². The van der Waals surface area contributed by atoms with Gasteiger partial charge < -0.3 is 10.1 Å². The van der Waals surface area contributed by atoms with E-state index in [1.54, 1.807) is 0 Å². The summed E-state index contributed by atoms with van der Waals surface area (Å²) < 4.78 is 5.93. The summed E-state index contributed by atoms with van der Waals surface area (Å²) in [6.45, 7) is 38.8. The Labute approximate surface area is 382 Å². The first-order chi connectivity index (χ1) is 30.1. The quantitative estimate of drug-likeness (QED) is 0.0273. The zero-order valence-electron chi connectivity index (χ0n) is 38.6. The molecule has 0 aliphatic carbocycles. The smallest absolute Gasteiger partial charge is 0.407 e. The summed E-state index contributed by atoms with van der Waals surface area (Å²) in [6.07, 6.45) is 23.8. The number of alkyl carbamates (subject to hydrolysis) is 1. The molecule has 1 N–H and O–H groups in total. The van der Waals surface area contributed by atoms with Gasteiger partial charge in [-0.25, -0.2) is 4.79 Å². The van der Waals surface area contributed by atoms with Gasteiger partial charge in [-0.2, -0.15) is 0 Å². The van der Waals surface area contributed by atoms with Gasteiger partial charge in [0.1, 0.15) is 6.61 Å². The van der Waals surface area contributed by atoms with E-state index in [4.69, 9.17) is 4.74 Å². The zero-order chi connectivity index (χ0) is 45.2. The number of rotatable bonds is 36. The van der Waals surface area contributed by atoms with Crippen molar-refractivity contribution >= 4 is 59.9 Å². The van der Waals surface area contributed by atoms with Crippen molar-refractivity contribution in [2.75, 3.05) is 6.54 Å². The molecule has 3 rings (SSSR count). The molecule has 0 saturated heterocycles. The van der Waals surface area contributed by atoms with Gasteiger partial charge in [0, 0.05) is 12.1 Å². The lowest BCUT2D eigenvalue weighted by Gasteiger charge is -2.39. The minimum Gasteiger partial charge on any atom is -0.445 e. The van der Waals surface area contributed by atoms with Gasteiger partial charge in [0.2, 0.25) is 0 Å². The summed E-state index contributed by atoms with van der Waals surface area (Å²) in [7, 11) is -6.88. The Kier molecular flexibility index (Phi) is 23.6. The van der Waals surface area contributed by atoms with Gasteiger partial charge >= 0.3 is 6.09 Å². The Balaban J connectivity index is 1.88. The second-order valence-electron chi connectivity index (χ2n) is 18.4. The van der Waals surface area contributed by atoms with Crippen LogP contribution < -0.4 is 5.32 Å². The molecule has 0 aliphatic heterocycles. The van der Waals surface area contributed by atoms with Gasteiger partial charge in [-0.05, 0) is 88.4 Å². The third-order valence-electron chi connectivity index (χ3n) is 13.8. The van der Waals surface area contributed by atoms with E-state index in [1.165, 1.54) is 55.2 Å². The number of ether oxygens (including phenoxy) is 1. The van der Waals surface area contributed by atoms with Crippen molar-refractivity contribution in [2.45, 2.75) is 129 Å². The molecular weight excluding hydrogens is 819 g/mol. The number of hydrogen-bond donors (Lipinski definition) is 1. The SMILES string of the molecule is C=CC[Si](CC=C)(CC=C)CCC[Si](CCCCNC(=O)OCc1c2ccccc2cc2ccccc12)(CCC[Si](CC=C)(CC=C)CC=C)CC[Si](CC=C)(CC=C)CC=C. The molecular formula is C55H81NO2Si4. The van der Waals surface area contributed by atoms with Gasteiger partial charge in [0.05, 0.1) is 32.3 Å². The van der Waals surface area contributed by atoms with Crippen LogP contribution in [-0.4, -0.2) is 44.9 Å². The Morgan fingerprint density at radius 1 is 0.452 bits per heavy atom. The summed E-state index contributed by atoms with van der Waals surface area (Å²) in [6, 6.07) is 38.2. The van der Waals surface area contributed by atoms with Gasteiger partial charge in [-0.3, -0.25) is 0 Å². The molecule has 0 unspecified atom stereocenters.